The van der Waals surface area contributed by atoms with Gasteiger partial charge in [-0.15, -0.1) is 0 Å². The van der Waals surface area contributed by atoms with Gasteiger partial charge in [-0.1, -0.05) is 30.3 Å². The van der Waals surface area contributed by atoms with Gasteiger partial charge in [0, 0.05) is 5.92 Å². The molecule has 2 atom stereocenters. The summed E-state index contributed by atoms with van der Waals surface area (Å²) in [5, 5.41) is -1.46. The van der Waals surface area contributed by atoms with Gasteiger partial charge in [0.25, 0.3) is 0 Å². The molecule has 154 valence electrons. The van der Waals surface area contributed by atoms with Crippen molar-refractivity contribution in [2.45, 2.75) is 29.9 Å². The number of hydrogen-bond acceptors (Lipinski definition) is 6. The number of ether oxygens (including phenoxy) is 2. The third-order valence-corrected chi connectivity index (χ3v) is 7.21. The summed E-state index contributed by atoms with van der Waals surface area (Å²) in [6.07, 6.45) is 0. The second-order valence-electron chi connectivity index (χ2n) is 6.62. The van der Waals surface area contributed by atoms with E-state index in [1.807, 2.05) is 0 Å². The fourth-order valence-electron chi connectivity index (χ4n) is 3.75. The van der Waals surface area contributed by atoms with Gasteiger partial charge in [-0.05, 0) is 43.7 Å². The molecule has 1 saturated carbocycles. The number of rotatable bonds is 7. The molecule has 29 heavy (non-hydrogen) atoms. The Bertz CT molecular complexity index is 1000. The van der Waals surface area contributed by atoms with Crippen LogP contribution in [0.5, 0.6) is 0 Å². The third-order valence-electron chi connectivity index (χ3n) is 4.97. The van der Waals surface area contributed by atoms with Crippen molar-refractivity contribution in [3.8, 4) is 0 Å². The van der Waals surface area contributed by atoms with Gasteiger partial charge < -0.3 is 9.47 Å². The molecule has 6 nitrogen and oxygen atoms in total. The number of hydrogen-bond donors (Lipinski definition) is 0. The van der Waals surface area contributed by atoms with Crippen molar-refractivity contribution in [3.63, 3.8) is 0 Å². The normalized spacial score (nSPS) is 20.0. The number of esters is 2. The van der Waals surface area contributed by atoms with E-state index in [1.54, 1.807) is 32.0 Å². The first-order valence-electron chi connectivity index (χ1n) is 9.20. The molecule has 3 rings (SSSR count). The van der Waals surface area contributed by atoms with Crippen LogP contribution in [0.1, 0.15) is 25.3 Å². The summed E-state index contributed by atoms with van der Waals surface area (Å²) in [7, 11) is -4.13. The number of carbonyl (C=O) groups excluding carboxylic acids is 2. The van der Waals surface area contributed by atoms with Crippen LogP contribution in [0, 0.1) is 11.2 Å². The van der Waals surface area contributed by atoms with Gasteiger partial charge in [-0.25, -0.2) is 12.8 Å². The van der Waals surface area contributed by atoms with Crippen molar-refractivity contribution in [3.05, 3.63) is 66.0 Å². The first-order chi connectivity index (χ1) is 13.8. The van der Waals surface area contributed by atoms with Crippen LogP contribution in [0.2, 0.25) is 0 Å². The highest BCUT2D eigenvalue weighted by atomic mass is 32.2. The van der Waals surface area contributed by atoms with E-state index in [0.717, 1.165) is 6.07 Å². The molecule has 8 heteroatoms. The lowest BCUT2D eigenvalue weighted by Gasteiger charge is -2.15. The average molecular weight is 420 g/mol. The maximum atomic E-state index is 13.9. The molecule has 0 N–H and O–H groups in total. The quantitative estimate of drug-likeness (QED) is 0.506. The molecule has 1 aliphatic rings. The minimum atomic E-state index is -4.13. The Morgan fingerprint density at radius 2 is 1.55 bits per heavy atom. The minimum Gasteiger partial charge on any atom is -0.465 e. The summed E-state index contributed by atoms with van der Waals surface area (Å²) in [5.74, 6) is -3.71. The van der Waals surface area contributed by atoms with E-state index in [2.05, 4.69) is 0 Å². The van der Waals surface area contributed by atoms with Crippen LogP contribution in [0.25, 0.3) is 0 Å². The van der Waals surface area contributed by atoms with Crippen molar-refractivity contribution < 1.29 is 31.9 Å². The molecular weight excluding hydrogens is 399 g/mol. The zero-order valence-corrected chi connectivity index (χ0v) is 16.8. The van der Waals surface area contributed by atoms with Gasteiger partial charge in [0.15, 0.2) is 15.3 Å². The van der Waals surface area contributed by atoms with Gasteiger partial charge in [0.2, 0.25) is 0 Å². The van der Waals surface area contributed by atoms with Crippen LogP contribution in [0.15, 0.2) is 59.5 Å². The van der Waals surface area contributed by atoms with E-state index in [4.69, 9.17) is 9.47 Å². The fraction of sp³-hybridized carbons (Fsp3) is 0.333. The molecule has 0 bridgehead atoms. The number of benzene rings is 2. The van der Waals surface area contributed by atoms with E-state index in [0.29, 0.717) is 0 Å². The topological polar surface area (TPSA) is 86.7 Å². The summed E-state index contributed by atoms with van der Waals surface area (Å²) >= 11 is 0. The zero-order valence-electron chi connectivity index (χ0n) is 16.0. The van der Waals surface area contributed by atoms with Crippen molar-refractivity contribution >= 4 is 21.8 Å². The molecule has 0 heterocycles. The molecule has 2 unspecified atom stereocenters. The maximum Gasteiger partial charge on any atom is 0.325 e. The molecule has 0 saturated heterocycles. The average Bonchev–Trinajstić information content (AvgIpc) is 3.42. The standard InChI is InChI=1S/C21H21FO6S/c1-3-27-19(23)21(20(24)28-4-2)17(14-9-8-10-15(22)13-14)18(21)29(25,26)16-11-6-5-7-12-16/h5-13,17-18H,3-4H2,1-2H3. The van der Waals surface area contributed by atoms with Crippen LogP contribution in [-0.2, 0) is 28.9 Å². The molecule has 0 radical (unpaired) electrons. The van der Waals surface area contributed by atoms with E-state index in [1.165, 1.54) is 30.3 Å². The van der Waals surface area contributed by atoms with Crippen molar-refractivity contribution in [1.29, 1.82) is 0 Å². The molecule has 1 aliphatic carbocycles. The predicted octanol–water partition coefficient (Wildman–Crippen LogP) is 2.88. The summed E-state index contributed by atoms with van der Waals surface area (Å²) in [6, 6.07) is 12.7. The largest absolute Gasteiger partial charge is 0.465 e. The smallest absolute Gasteiger partial charge is 0.325 e. The van der Waals surface area contributed by atoms with Crippen molar-refractivity contribution in [2.24, 2.45) is 5.41 Å². The Morgan fingerprint density at radius 3 is 2.07 bits per heavy atom. The molecule has 2 aromatic rings. The first-order valence-corrected chi connectivity index (χ1v) is 10.7. The van der Waals surface area contributed by atoms with Crippen LogP contribution in [0.3, 0.4) is 0 Å². The van der Waals surface area contributed by atoms with Crippen LogP contribution in [-0.4, -0.2) is 38.8 Å². The maximum absolute atomic E-state index is 13.9. The van der Waals surface area contributed by atoms with Crippen LogP contribution in [0.4, 0.5) is 4.39 Å². The van der Waals surface area contributed by atoms with E-state index in [-0.39, 0.29) is 23.7 Å². The lowest BCUT2D eigenvalue weighted by Crippen LogP contribution is -2.35. The monoisotopic (exact) mass is 420 g/mol. The number of halogens is 1. The summed E-state index contributed by atoms with van der Waals surface area (Å²) in [6.45, 7) is 3.01. The Hall–Kier alpha value is -2.74. The Balaban J connectivity index is 2.21. The number of carbonyl (C=O) groups is 2. The summed E-state index contributed by atoms with van der Waals surface area (Å²) in [5.41, 5.74) is -1.87. The Morgan fingerprint density at radius 1 is 0.966 bits per heavy atom. The van der Waals surface area contributed by atoms with E-state index in [9.17, 15) is 22.4 Å². The second-order valence-corrected chi connectivity index (χ2v) is 8.69. The zero-order chi connectivity index (χ0) is 21.2. The Labute approximate surface area is 168 Å². The van der Waals surface area contributed by atoms with Gasteiger partial charge in [-0.3, -0.25) is 9.59 Å². The molecule has 0 aliphatic heterocycles. The molecule has 0 spiro atoms. The highest BCUT2D eigenvalue weighted by Gasteiger charge is 2.81. The third kappa shape index (κ3) is 3.42. The van der Waals surface area contributed by atoms with Crippen molar-refractivity contribution in [2.75, 3.05) is 13.2 Å². The van der Waals surface area contributed by atoms with Gasteiger partial charge >= 0.3 is 11.9 Å². The molecular formula is C21H21FO6S. The lowest BCUT2D eigenvalue weighted by atomic mass is 9.99. The van der Waals surface area contributed by atoms with Crippen LogP contribution >= 0.6 is 0 Å². The highest BCUT2D eigenvalue weighted by molar-refractivity contribution is 7.92. The van der Waals surface area contributed by atoms with Crippen molar-refractivity contribution in [1.82, 2.24) is 0 Å². The first kappa shape index (κ1) is 21.0. The number of sulfone groups is 1. The predicted molar refractivity (Wildman–Crippen MR) is 102 cm³/mol. The van der Waals surface area contributed by atoms with E-state index < -0.39 is 44.2 Å². The van der Waals surface area contributed by atoms with Gasteiger partial charge in [0.05, 0.1) is 18.1 Å². The Kier molecular flexibility index (Phi) is 5.75. The van der Waals surface area contributed by atoms with E-state index >= 15 is 0 Å². The minimum absolute atomic E-state index is 0.0399. The molecule has 2 aromatic carbocycles. The summed E-state index contributed by atoms with van der Waals surface area (Å²) < 4.78 is 50.8. The van der Waals surface area contributed by atoms with Gasteiger partial charge in [-0.2, -0.15) is 0 Å². The highest BCUT2D eigenvalue weighted by Crippen LogP contribution is 2.65. The molecule has 1 fully saturated rings. The molecule has 0 aromatic heterocycles. The fourth-order valence-corrected chi connectivity index (χ4v) is 6.05. The molecule has 0 amide bonds. The van der Waals surface area contributed by atoms with Crippen LogP contribution < -0.4 is 0 Å². The lowest BCUT2D eigenvalue weighted by molar-refractivity contribution is -0.164. The second kappa shape index (κ2) is 7.94. The summed E-state index contributed by atoms with van der Waals surface area (Å²) in [4.78, 5) is 25.8. The SMILES string of the molecule is CCOC(=O)C1(C(=O)OCC)C(c2cccc(F)c2)C1S(=O)(=O)c1ccccc1. The van der Waals surface area contributed by atoms with Gasteiger partial charge in [0.1, 0.15) is 11.1 Å².